The van der Waals surface area contributed by atoms with Crippen LogP contribution in [0.4, 0.5) is 13.2 Å². The minimum Gasteiger partial charge on any atom is -0.459 e. The fourth-order valence-electron chi connectivity index (χ4n) is 2.40. The van der Waals surface area contributed by atoms with Crippen LogP contribution in [0.1, 0.15) is 27.2 Å². The number of β-lactam (4-membered cyclic amide) rings is 1. The summed E-state index contributed by atoms with van der Waals surface area (Å²) in [6.07, 6.45) is -5.07. The highest BCUT2D eigenvalue weighted by atomic mass is 28.3. The Morgan fingerprint density at radius 1 is 1.38 bits per heavy atom. The van der Waals surface area contributed by atoms with Crippen LogP contribution >= 0.6 is 0 Å². The van der Waals surface area contributed by atoms with Gasteiger partial charge in [-0.25, -0.2) is 4.79 Å². The third kappa shape index (κ3) is 3.84. The fraction of sp³-hybridized carbons (Fsp3) is 0.846. The molecule has 0 aromatic carbocycles. The van der Waals surface area contributed by atoms with Gasteiger partial charge in [0.15, 0.2) is 8.24 Å². The molecule has 1 aliphatic heterocycles. The molecule has 0 bridgehead atoms. The van der Waals surface area contributed by atoms with E-state index >= 15 is 0 Å². The summed E-state index contributed by atoms with van der Waals surface area (Å²) in [5, 5.41) is 3.24. The Morgan fingerprint density at radius 3 is 2.33 bits per heavy atom. The zero-order valence-electron chi connectivity index (χ0n) is 14.2. The molecule has 11 heteroatoms. The van der Waals surface area contributed by atoms with E-state index in [1.165, 1.54) is 0 Å². The minimum atomic E-state index is -5.06. The molecule has 0 N–H and O–H groups in total. The maximum atomic E-state index is 12.3. The van der Waals surface area contributed by atoms with Gasteiger partial charge in [0.1, 0.15) is 6.04 Å². The van der Waals surface area contributed by atoms with Gasteiger partial charge in [0.25, 0.3) is 0 Å². The molecule has 0 spiro atoms. The van der Waals surface area contributed by atoms with E-state index in [-0.39, 0.29) is 17.4 Å². The van der Waals surface area contributed by atoms with Crippen LogP contribution in [0.25, 0.3) is 10.4 Å². The first kappa shape index (κ1) is 20.3. The van der Waals surface area contributed by atoms with Crippen molar-refractivity contribution in [2.75, 3.05) is 6.61 Å². The van der Waals surface area contributed by atoms with Crippen molar-refractivity contribution in [1.82, 2.24) is 4.57 Å². The SMILES string of the molecule is CC(C)(C)[Si](C)(C)N1C(=O)C(N=[N+]=[N-])C1CCOC(=O)C(F)(F)F. The van der Waals surface area contributed by atoms with E-state index in [0.29, 0.717) is 0 Å². The smallest absolute Gasteiger partial charge is 0.459 e. The molecular weight excluding hydrogens is 345 g/mol. The zero-order valence-corrected chi connectivity index (χ0v) is 15.2. The lowest BCUT2D eigenvalue weighted by Gasteiger charge is -2.57. The van der Waals surface area contributed by atoms with Crippen LogP contribution in [-0.4, -0.2) is 49.5 Å². The summed E-state index contributed by atoms with van der Waals surface area (Å²) in [6, 6.07) is -1.52. The van der Waals surface area contributed by atoms with Crippen molar-refractivity contribution in [2.45, 2.75) is 63.6 Å². The molecule has 1 amide bonds. The number of carbonyl (C=O) groups excluding carboxylic acids is 2. The molecule has 1 aliphatic rings. The lowest BCUT2D eigenvalue weighted by Crippen LogP contribution is -2.74. The maximum absolute atomic E-state index is 12.3. The van der Waals surface area contributed by atoms with Crippen molar-refractivity contribution >= 4 is 20.1 Å². The third-order valence-electron chi connectivity index (χ3n) is 4.68. The number of azide groups is 1. The number of halogens is 3. The molecule has 0 radical (unpaired) electrons. The molecule has 1 saturated heterocycles. The molecular formula is C13H21F3N4O3Si. The second-order valence-corrected chi connectivity index (χ2v) is 12.3. The average Bonchev–Trinajstić information content (AvgIpc) is 2.40. The quantitative estimate of drug-likeness (QED) is 0.186. The van der Waals surface area contributed by atoms with Crippen LogP contribution in [0.3, 0.4) is 0 Å². The van der Waals surface area contributed by atoms with E-state index in [2.05, 4.69) is 14.8 Å². The first-order chi connectivity index (χ1) is 10.7. The van der Waals surface area contributed by atoms with E-state index in [0.717, 1.165) is 0 Å². The molecule has 24 heavy (non-hydrogen) atoms. The highest BCUT2D eigenvalue weighted by Crippen LogP contribution is 2.44. The summed E-state index contributed by atoms with van der Waals surface area (Å²) in [6.45, 7) is 9.37. The number of hydrogen-bond acceptors (Lipinski definition) is 4. The molecule has 2 atom stereocenters. The molecule has 7 nitrogen and oxygen atoms in total. The van der Waals surface area contributed by atoms with Crippen molar-refractivity contribution in [3.63, 3.8) is 0 Å². The monoisotopic (exact) mass is 366 g/mol. The lowest BCUT2D eigenvalue weighted by atomic mass is 9.97. The van der Waals surface area contributed by atoms with Crippen LogP contribution in [0.5, 0.6) is 0 Å². The normalized spacial score (nSPS) is 21.8. The van der Waals surface area contributed by atoms with Gasteiger partial charge in [0.05, 0.1) is 6.61 Å². The second kappa shape index (κ2) is 6.64. The van der Waals surface area contributed by atoms with Gasteiger partial charge in [-0.2, -0.15) is 13.2 Å². The summed E-state index contributed by atoms with van der Waals surface area (Å²) in [5.41, 5.74) is 8.57. The number of ether oxygens (including phenoxy) is 1. The number of esters is 1. The molecule has 1 rings (SSSR count). The number of rotatable bonds is 5. The Kier molecular flexibility index (Phi) is 5.61. The van der Waals surface area contributed by atoms with Crippen LogP contribution in [-0.2, 0) is 14.3 Å². The van der Waals surface area contributed by atoms with Crippen molar-refractivity contribution < 1.29 is 27.5 Å². The fourth-order valence-corrected chi connectivity index (χ4v) is 4.91. The molecule has 0 aliphatic carbocycles. The van der Waals surface area contributed by atoms with Crippen molar-refractivity contribution in [3.8, 4) is 0 Å². The average molecular weight is 366 g/mol. The van der Waals surface area contributed by atoms with Crippen LogP contribution in [0.2, 0.25) is 18.1 Å². The van der Waals surface area contributed by atoms with Gasteiger partial charge in [-0.1, -0.05) is 39.0 Å². The van der Waals surface area contributed by atoms with Crippen molar-refractivity contribution in [1.29, 1.82) is 0 Å². The first-order valence-corrected chi connectivity index (χ1v) is 10.3. The molecule has 2 unspecified atom stereocenters. The Morgan fingerprint density at radius 2 is 1.92 bits per heavy atom. The summed E-state index contributed by atoms with van der Waals surface area (Å²) in [7, 11) is -2.29. The standard InChI is InChI=1S/C13H21F3N4O3Si/c1-12(2,3)24(4,5)20-8(9(10(20)21)18-19-17)6-7-23-11(22)13(14,15)16/h8-9H,6-7H2,1-5H3. The summed E-state index contributed by atoms with van der Waals surface area (Å²) < 4.78 is 42.3. The number of amides is 1. The second-order valence-electron chi connectivity index (χ2n) is 7.16. The van der Waals surface area contributed by atoms with E-state index in [1.807, 2.05) is 33.9 Å². The highest BCUT2D eigenvalue weighted by Gasteiger charge is 2.56. The first-order valence-electron chi connectivity index (χ1n) is 7.36. The Bertz CT molecular complexity index is 568. The van der Waals surface area contributed by atoms with Gasteiger partial charge < -0.3 is 9.30 Å². The molecule has 1 fully saturated rings. The van der Waals surface area contributed by atoms with Crippen LogP contribution in [0, 0.1) is 0 Å². The Labute approximate surface area is 138 Å². The van der Waals surface area contributed by atoms with Crippen molar-refractivity contribution in [3.05, 3.63) is 10.4 Å². The highest BCUT2D eigenvalue weighted by molar-refractivity contribution is 6.80. The van der Waals surface area contributed by atoms with Crippen LogP contribution in [0.15, 0.2) is 5.11 Å². The van der Waals surface area contributed by atoms with Gasteiger partial charge in [-0.3, -0.25) is 4.79 Å². The maximum Gasteiger partial charge on any atom is 0.490 e. The van der Waals surface area contributed by atoms with Gasteiger partial charge >= 0.3 is 12.1 Å². The lowest BCUT2D eigenvalue weighted by molar-refractivity contribution is -0.200. The van der Waals surface area contributed by atoms with Gasteiger partial charge in [0.2, 0.25) is 5.91 Å². The molecule has 0 aromatic heterocycles. The van der Waals surface area contributed by atoms with E-state index < -0.39 is 39.1 Å². The van der Waals surface area contributed by atoms with E-state index in [9.17, 15) is 22.8 Å². The zero-order chi connectivity index (χ0) is 18.9. The largest absolute Gasteiger partial charge is 0.490 e. The number of nitrogens with zero attached hydrogens (tertiary/aromatic N) is 4. The summed E-state index contributed by atoms with van der Waals surface area (Å²) >= 11 is 0. The molecule has 1 heterocycles. The molecule has 0 saturated carbocycles. The number of hydrogen-bond donors (Lipinski definition) is 0. The van der Waals surface area contributed by atoms with E-state index in [1.54, 1.807) is 4.57 Å². The van der Waals surface area contributed by atoms with Gasteiger partial charge in [0, 0.05) is 17.4 Å². The number of carbonyl (C=O) groups is 2. The summed E-state index contributed by atoms with van der Waals surface area (Å²) in [4.78, 5) is 25.7. The predicted molar refractivity (Wildman–Crippen MR) is 82.4 cm³/mol. The van der Waals surface area contributed by atoms with E-state index in [4.69, 9.17) is 5.53 Å². The molecule has 0 aromatic rings. The van der Waals surface area contributed by atoms with Gasteiger partial charge in [-0.05, 0) is 10.6 Å². The Balaban J connectivity index is 2.88. The topological polar surface area (TPSA) is 95.4 Å². The number of alkyl halides is 3. The summed E-state index contributed by atoms with van der Waals surface area (Å²) in [5.74, 6) is -2.60. The van der Waals surface area contributed by atoms with Crippen molar-refractivity contribution in [2.24, 2.45) is 5.11 Å². The minimum absolute atomic E-state index is 0.0102. The third-order valence-corrected chi connectivity index (χ3v) is 10.1. The van der Waals surface area contributed by atoms with Gasteiger partial charge in [-0.15, -0.1) is 0 Å². The Hall–Kier alpha value is -1.74. The predicted octanol–water partition coefficient (Wildman–Crippen LogP) is 3.38. The van der Waals surface area contributed by atoms with Crippen LogP contribution < -0.4 is 0 Å². The molecule has 136 valence electrons.